The molecule has 0 bridgehead atoms. The number of hydrogen-bond donors (Lipinski definition) is 0. The third-order valence-corrected chi connectivity index (χ3v) is 3.47. The van der Waals surface area contributed by atoms with E-state index in [1.807, 2.05) is 0 Å². The standard InChI is InChI=1S/C13H18F2O4/c1-4-5-12(11(17)19-3)6-9(10(16)18-2)7-13(14,15)8-12/h4,9H,1,5-8H2,2-3H3/t9-,12-/m0/s1. The predicted molar refractivity (Wildman–Crippen MR) is 63.6 cm³/mol. The SMILES string of the molecule is C=CC[C@]1(C(=O)OC)C[C@H](C(=O)OC)CC(F)(F)C1. The molecule has 0 spiro atoms. The fourth-order valence-electron chi connectivity index (χ4n) is 2.76. The molecule has 6 heteroatoms. The third-order valence-electron chi connectivity index (χ3n) is 3.47. The summed E-state index contributed by atoms with van der Waals surface area (Å²) in [5.74, 6) is -5.57. The minimum Gasteiger partial charge on any atom is -0.469 e. The average Bonchev–Trinajstić information content (AvgIpc) is 2.35. The first-order valence-electron chi connectivity index (χ1n) is 5.95. The van der Waals surface area contributed by atoms with Crippen LogP contribution in [0.4, 0.5) is 8.78 Å². The lowest BCUT2D eigenvalue weighted by Crippen LogP contribution is -2.47. The molecule has 1 saturated carbocycles. The summed E-state index contributed by atoms with van der Waals surface area (Å²) in [6.45, 7) is 3.49. The average molecular weight is 276 g/mol. The number of methoxy groups -OCH3 is 2. The van der Waals surface area contributed by atoms with Crippen LogP contribution in [0.25, 0.3) is 0 Å². The number of esters is 2. The van der Waals surface area contributed by atoms with Crippen LogP contribution in [0.15, 0.2) is 12.7 Å². The van der Waals surface area contributed by atoms with Gasteiger partial charge in [-0.25, -0.2) is 8.78 Å². The number of rotatable bonds is 4. The van der Waals surface area contributed by atoms with Crippen molar-refractivity contribution in [3.05, 3.63) is 12.7 Å². The highest BCUT2D eigenvalue weighted by Gasteiger charge is 2.55. The summed E-state index contributed by atoms with van der Waals surface area (Å²) in [5, 5.41) is 0. The summed E-state index contributed by atoms with van der Waals surface area (Å²) in [6, 6.07) is 0. The Bertz CT molecular complexity index is 381. The first-order chi connectivity index (χ1) is 8.80. The van der Waals surface area contributed by atoms with Crippen LogP contribution in [0.3, 0.4) is 0 Å². The number of halogens is 2. The van der Waals surface area contributed by atoms with Gasteiger partial charge in [0.15, 0.2) is 0 Å². The van der Waals surface area contributed by atoms with E-state index in [-0.39, 0.29) is 12.8 Å². The lowest BCUT2D eigenvalue weighted by Gasteiger charge is -2.40. The number of carbonyl (C=O) groups is 2. The van der Waals surface area contributed by atoms with Crippen LogP contribution in [-0.4, -0.2) is 32.1 Å². The van der Waals surface area contributed by atoms with Gasteiger partial charge in [0.25, 0.3) is 0 Å². The van der Waals surface area contributed by atoms with E-state index < -0.39 is 42.0 Å². The molecule has 1 fully saturated rings. The largest absolute Gasteiger partial charge is 0.469 e. The molecular formula is C13H18F2O4. The Balaban J connectivity index is 3.11. The smallest absolute Gasteiger partial charge is 0.312 e. The van der Waals surface area contributed by atoms with Gasteiger partial charge in [-0.1, -0.05) is 6.08 Å². The van der Waals surface area contributed by atoms with Gasteiger partial charge in [-0.05, 0) is 12.8 Å². The molecule has 0 heterocycles. The molecule has 0 unspecified atom stereocenters. The second-order valence-electron chi connectivity index (χ2n) is 4.93. The fourth-order valence-corrected chi connectivity index (χ4v) is 2.76. The summed E-state index contributed by atoms with van der Waals surface area (Å²) < 4.78 is 36.8. The lowest BCUT2D eigenvalue weighted by molar-refractivity contribution is -0.176. The monoisotopic (exact) mass is 276 g/mol. The zero-order chi connectivity index (χ0) is 14.7. The Morgan fingerprint density at radius 2 is 1.95 bits per heavy atom. The second kappa shape index (κ2) is 5.67. The van der Waals surface area contributed by atoms with Gasteiger partial charge in [0, 0.05) is 12.8 Å². The Hall–Kier alpha value is -1.46. The van der Waals surface area contributed by atoms with Crippen molar-refractivity contribution < 1.29 is 27.8 Å². The van der Waals surface area contributed by atoms with Crippen molar-refractivity contribution in [1.29, 1.82) is 0 Å². The molecular weight excluding hydrogens is 258 g/mol. The molecule has 2 atom stereocenters. The van der Waals surface area contributed by atoms with Gasteiger partial charge in [0.2, 0.25) is 5.92 Å². The van der Waals surface area contributed by atoms with E-state index in [0.717, 1.165) is 14.2 Å². The highest BCUT2D eigenvalue weighted by Crippen LogP contribution is 2.50. The van der Waals surface area contributed by atoms with Crippen LogP contribution in [0.2, 0.25) is 0 Å². The van der Waals surface area contributed by atoms with Gasteiger partial charge in [-0.3, -0.25) is 9.59 Å². The van der Waals surface area contributed by atoms with Crippen LogP contribution in [0.1, 0.15) is 25.7 Å². The molecule has 4 nitrogen and oxygen atoms in total. The number of allylic oxidation sites excluding steroid dienone is 1. The van der Waals surface area contributed by atoms with E-state index in [9.17, 15) is 18.4 Å². The summed E-state index contributed by atoms with van der Waals surface area (Å²) in [6.07, 6.45) is 0.200. The van der Waals surface area contributed by atoms with Crippen molar-refractivity contribution in [2.45, 2.75) is 31.6 Å². The summed E-state index contributed by atoms with van der Waals surface area (Å²) in [5.41, 5.74) is -1.41. The maximum Gasteiger partial charge on any atom is 0.312 e. The van der Waals surface area contributed by atoms with Gasteiger partial charge in [-0.15, -0.1) is 6.58 Å². The van der Waals surface area contributed by atoms with Gasteiger partial charge >= 0.3 is 11.9 Å². The lowest BCUT2D eigenvalue weighted by atomic mass is 9.66. The van der Waals surface area contributed by atoms with E-state index in [1.165, 1.54) is 6.08 Å². The summed E-state index contributed by atoms with van der Waals surface area (Å²) >= 11 is 0. The maximum atomic E-state index is 13.8. The molecule has 1 aliphatic carbocycles. The molecule has 0 aromatic rings. The molecule has 0 aromatic heterocycles. The van der Waals surface area contributed by atoms with Crippen molar-refractivity contribution in [3.63, 3.8) is 0 Å². The first-order valence-corrected chi connectivity index (χ1v) is 5.95. The topological polar surface area (TPSA) is 52.6 Å². The minimum absolute atomic E-state index is 0.00600. The predicted octanol–water partition coefficient (Wildman–Crippen LogP) is 2.33. The normalized spacial score (nSPS) is 29.4. The van der Waals surface area contributed by atoms with E-state index in [1.54, 1.807) is 0 Å². The number of carbonyl (C=O) groups excluding carboxylic acids is 2. The van der Waals surface area contributed by atoms with Crippen molar-refractivity contribution in [1.82, 2.24) is 0 Å². The number of ether oxygens (including phenoxy) is 2. The molecule has 0 aromatic carbocycles. The van der Waals surface area contributed by atoms with Crippen molar-refractivity contribution in [2.75, 3.05) is 14.2 Å². The maximum absolute atomic E-state index is 13.8. The van der Waals surface area contributed by atoms with Crippen LogP contribution in [-0.2, 0) is 19.1 Å². The van der Waals surface area contributed by atoms with Gasteiger partial charge < -0.3 is 9.47 Å². The summed E-state index contributed by atoms with van der Waals surface area (Å²) in [7, 11) is 2.29. The molecule has 1 aliphatic rings. The highest BCUT2D eigenvalue weighted by molar-refractivity contribution is 5.80. The second-order valence-corrected chi connectivity index (χ2v) is 4.93. The highest BCUT2D eigenvalue weighted by atomic mass is 19.3. The Kier molecular flexibility index (Phi) is 4.66. The van der Waals surface area contributed by atoms with E-state index in [2.05, 4.69) is 16.1 Å². The Labute approximate surface area is 110 Å². The molecule has 1 rings (SSSR count). The van der Waals surface area contributed by atoms with Crippen LogP contribution < -0.4 is 0 Å². The van der Waals surface area contributed by atoms with Crippen LogP contribution in [0.5, 0.6) is 0 Å². The quantitative estimate of drug-likeness (QED) is 0.584. The zero-order valence-electron chi connectivity index (χ0n) is 11.1. The van der Waals surface area contributed by atoms with Crippen LogP contribution >= 0.6 is 0 Å². The Morgan fingerprint density at radius 1 is 1.32 bits per heavy atom. The zero-order valence-corrected chi connectivity index (χ0v) is 11.1. The van der Waals surface area contributed by atoms with Crippen LogP contribution in [0, 0.1) is 11.3 Å². The molecule has 0 aliphatic heterocycles. The molecule has 0 saturated heterocycles. The first kappa shape index (κ1) is 15.6. The molecule has 0 N–H and O–H groups in total. The molecule has 19 heavy (non-hydrogen) atoms. The van der Waals surface area contributed by atoms with Crippen molar-refractivity contribution in [2.24, 2.45) is 11.3 Å². The van der Waals surface area contributed by atoms with E-state index >= 15 is 0 Å². The number of alkyl halides is 2. The Morgan fingerprint density at radius 3 is 2.42 bits per heavy atom. The minimum atomic E-state index is -3.10. The molecule has 0 amide bonds. The molecule has 0 radical (unpaired) electrons. The van der Waals surface area contributed by atoms with Gasteiger partial charge in [0.1, 0.15) is 0 Å². The van der Waals surface area contributed by atoms with Gasteiger partial charge in [0.05, 0.1) is 25.6 Å². The van der Waals surface area contributed by atoms with E-state index in [4.69, 9.17) is 0 Å². The molecule has 108 valence electrons. The third kappa shape index (κ3) is 3.30. The fraction of sp³-hybridized carbons (Fsp3) is 0.692. The van der Waals surface area contributed by atoms with Gasteiger partial charge in [-0.2, -0.15) is 0 Å². The summed E-state index contributed by atoms with van der Waals surface area (Å²) in [4.78, 5) is 23.4. The van der Waals surface area contributed by atoms with E-state index in [0.29, 0.717) is 0 Å². The van der Waals surface area contributed by atoms with Crippen molar-refractivity contribution in [3.8, 4) is 0 Å². The van der Waals surface area contributed by atoms with Crippen molar-refractivity contribution >= 4 is 11.9 Å². The number of hydrogen-bond acceptors (Lipinski definition) is 4.